The molecule has 0 unspecified atom stereocenters. The number of rotatable bonds is 6. The van der Waals surface area contributed by atoms with E-state index in [-0.39, 0.29) is 23.5 Å². The lowest BCUT2D eigenvalue weighted by atomic mass is 10.0. The van der Waals surface area contributed by atoms with E-state index in [1.54, 1.807) is 31.3 Å². The molecule has 31 heavy (non-hydrogen) atoms. The molecule has 1 aromatic heterocycles. The Morgan fingerprint density at radius 2 is 1.84 bits per heavy atom. The number of hydrogen-bond donors (Lipinski definition) is 4. The van der Waals surface area contributed by atoms with Crippen molar-refractivity contribution >= 4 is 28.9 Å². The zero-order valence-electron chi connectivity index (χ0n) is 16.4. The number of hydrogen-bond acceptors (Lipinski definition) is 6. The summed E-state index contributed by atoms with van der Waals surface area (Å²) in [7, 11) is 1.67. The van der Waals surface area contributed by atoms with Crippen LogP contribution in [0.5, 0.6) is 0 Å². The number of nitrogens with one attached hydrogen (secondary N) is 3. The fourth-order valence-corrected chi connectivity index (χ4v) is 2.92. The molecular weight excluding hydrogens is 409 g/mol. The lowest BCUT2D eigenvalue weighted by molar-refractivity contribution is -0.137. The highest BCUT2D eigenvalue weighted by molar-refractivity contribution is 6.07. The summed E-state index contributed by atoms with van der Waals surface area (Å²) in [4.78, 5) is 20.3. The first kappa shape index (κ1) is 21.8. The number of anilines is 3. The fraction of sp³-hybridized carbons (Fsp3) is 0.143. The van der Waals surface area contributed by atoms with Crippen molar-refractivity contribution < 1.29 is 18.0 Å². The first-order chi connectivity index (χ1) is 14.7. The Morgan fingerprint density at radius 1 is 1.13 bits per heavy atom. The van der Waals surface area contributed by atoms with Crippen LogP contribution in [0.3, 0.4) is 0 Å². The fourth-order valence-electron chi connectivity index (χ4n) is 2.92. The Hall–Kier alpha value is -3.95. The number of halogens is 3. The highest BCUT2D eigenvalue weighted by atomic mass is 19.4. The van der Waals surface area contributed by atoms with Crippen LogP contribution in [0.1, 0.15) is 27.0 Å². The van der Waals surface area contributed by atoms with Gasteiger partial charge in [0.25, 0.3) is 5.91 Å². The van der Waals surface area contributed by atoms with E-state index in [1.165, 1.54) is 18.5 Å². The molecule has 0 spiro atoms. The van der Waals surface area contributed by atoms with Crippen LogP contribution >= 0.6 is 0 Å². The van der Waals surface area contributed by atoms with E-state index < -0.39 is 17.6 Å². The van der Waals surface area contributed by atoms with Crippen LogP contribution in [0.2, 0.25) is 0 Å². The molecule has 0 atom stereocenters. The summed E-state index contributed by atoms with van der Waals surface area (Å²) < 4.78 is 38.5. The molecule has 1 amide bonds. The Morgan fingerprint density at radius 3 is 2.48 bits per heavy atom. The maximum Gasteiger partial charge on any atom is 0.416 e. The monoisotopic (exact) mass is 428 g/mol. The van der Waals surface area contributed by atoms with Gasteiger partial charge < -0.3 is 21.8 Å². The van der Waals surface area contributed by atoms with Gasteiger partial charge in [0, 0.05) is 24.7 Å². The van der Waals surface area contributed by atoms with E-state index in [9.17, 15) is 18.0 Å². The molecule has 160 valence electrons. The second-order valence-electron chi connectivity index (χ2n) is 6.62. The number of alkyl halides is 3. The minimum Gasteiger partial charge on any atom is -0.383 e. The third kappa shape index (κ3) is 5.16. The van der Waals surface area contributed by atoms with Gasteiger partial charge in [-0.15, -0.1) is 0 Å². The van der Waals surface area contributed by atoms with E-state index in [4.69, 9.17) is 11.1 Å². The number of nitrogen functional groups attached to an aromatic ring is 1. The van der Waals surface area contributed by atoms with E-state index in [0.29, 0.717) is 17.1 Å². The van der Waals surface area contributed by atoms with Gasteiger partial charge in [-0.1, -0.05) is 18.2 Å². The summed E-state index contributed by atoms with van der Waals surface area (Å²) in [6.45, 7) is 0. The van der Waals surface area contributed by atoms with Gasteiger partial charge in [0.05, 0.1) is 16.8 Å². The van der Waals surface area contributed by atoms with Crippen LogP contribution in [-0.4, -0.2) is 28.6 Å². The number of benzene rings is 2. The standard InChI is InChI=1S/C21H19F3N6O/c1-27-19-17(18(26)28-11-29-19)16(25)9-12-5-7-15(8-6-12)30-20(31)13-3-2-4-14(10-13)21(22,23)24/h2-8,10-11,25H,9H2,1H3,(H,30,31)(H3,26,27,28,29). The lowest BCUT2D eigenvalue weighted by Gasteiger charge is -2.12. The van der Waals surface area contributed by atoms with Gasteiger partial charge in [-0.2, -0.15) is 13.2 Å². The van der Waals surface area contributed by atoms with Gasteiger partial charge in [-0.25, -0.2) is 9.97 Å². The quantitative estimate of drug-likeness (QED) is 0.443. The van der Waals surface area contributed by atoms with E-state index in [1.807, 2.05) is 0 Å². The number of amides is 1. The predicted octanol–water partition coefficient (Wildman–Crippen LogP) is 3.98. The number of carbonyl (C=O) groups excluding carboxylic acids is 1. The number of carbonyl (C=O) groups is 1. The molecule has 3 aromatic rings. The van der Waals surface area contributed by atoms with Crippen molar-refractivity contribution in [1.82, 2.24) is 9.97 Å². The Labute approximate surface area is 176 Å². The molecule has 3 rings (SSSR count). The number of nitrogens with two attached hydrogens (primary N) is 1. The van der Waals surface area contributed by atoms with Crippen molar-refractivity contribution in [2.45, 2.75) is 12.6 Å². The summed E-state index contributed by atoms with van der Waals surface area (Å²) in [5.41, 5.74) is 6.69. The van der Waals surface area contributed by atoms with Crippen LogP contribution in [-0.2, 0) is 12.6 Å². The highest BCUT2D eigenvalue weighted by Crippen LogP contribution is 2.29. The molecule has 0 saturated heterocycles. The van der Waals surface area contributed by atoms with Crippen molar-refractivity contribution in [3.63, 3.8) is 0 Å². The third-order valence-electron chi connectivity index (χ3n) is 4.46. The molecule has 0 radical (unpaired) electrons. The van der Waals surface area contributed by atoms with Crippen molar-refractivity contribution in [1.29, 1.82) is 5.41 Å². The zero-order valence-corrected chi connectivity index (χ0v) is 16.4. The summed E-state index contributed by atoms with van der Waals surface area (Å²) in [5.74, 6) is -0.0174. The summed E-state index contributed by atoms with van der Waals surface area (Å²) in [5, 5.41) is 13.8. The molecule has 0 aliphatic carbocycles. The summed E-state index contributed by atoms with van der Waals surface area (Å²) in [6, 6.07) is 10.8. The van der Waals surface area contributed by atoms with E-state index in [0.717, 1.165) is 17.7 Å². The first-order valence-corrected chi connectivity index (χ1v) is 9.12. The average Bonchev–Trinajstić information content (AvgIpc) is 2.74. The summed E-state index contributed by atoms with van der Waals surface area (Å²) in [6.07, 6.45) is -2.98. The first-order valence-electron chi connectivity index (χ1n) is 9.12. The molecule has 0 aliphatic rings. The predicted molar refractivity (Wildman–Crippen MR) is 112 cm³/mol. The molecule has 1 heterocycles. The molecule has 10 heteroatoms. The topological polar surface area (TPSA) is 117 Å². The Kier molecular flexibility index (Phi) is 6.19. The molecule has 0 saturated carbocycles. The second kappa shape index (κ2) is 8.82. The van der Waals surface area contributed by atoms with Gasteiger partial charge in [-0.05, 0) is 35.9 Å². The molecule has 0 bridgehead atoms. The maximum atomic E-state index is 12.8. The average molecular weight is 428 g/mol. The normalized spacial score (nSPS) is 11.1. The van der Waals surface area contributed by atoms with E-state index >= 15 is 0 Å². The zero-order chi connectivity index (χ0) is 22.6. The van der Waals surface area contributed by atoms with Gasteiger partial charge in [0.2, 0.25) is 0 Å². The largest absolute Gasteiger partial charge is 0.416 e. The smallest absolute Gasteiger partial charge is 0.383 e. The Bertz CT molecular complexity index is 1110. The van der Waals surface area contributed by atoms with Crippen molar-refractivity contribution in [2.75, 3.05) is 23.4 Å². The number of nitrogens with zero attached hydrogens (tertiary/aromatic N) is 2. The van der Waals surface area contributed by atoms with Crippen molar-refractivity contribution in [2.24, 2.45) is 0 Å². The van der Waals surface area contributed by atoms with Crippen LogP contribution in [0.15, 0.2) is 54.9 Å². The summed E-state index contributed by atoms with van der Waals surface area (Å²) >= 11 is 0. The highest BCUT2D eigenvalue weighted by Gasteiger charge is 2.30. The Balaban J connectivity index is 1.70. The van der Waals surface area contributed by atoms with Crippen LogP contribution < -0.4 is 16.4 Å². The third-order valence-corrected chi connectivity index (χ3v) is 4.46. The van der Waals surface area contributed by atoms with Gasteiger partial charge in [0.1, 0.15) is 18.0 Å². The SMILES string of the molecule is CNc1ncnc(N)c1C(=N)Cc1ccc(NC(=O)c2cccc(C(F)(F)F)c2)cc1. The van der Waals surface area contributed by atoms with Crippen LogP contribution in [0, 0.1) is 5.41 Å². The molecular formula is C21H19F3N6O. The molecule has 7 nitrogen and oxygen atoms in total. The lowest BCUT2D eigenvalue weighted by Crippen LogP contribution is -2.14. The van der Waals surface area contributed by atoms with Crippen LogP contribution in [0.4, 0.5) is 30.5 Å². The van der Waals surface area contributed by atoms with E-state index in [2.05, 4.69) is 20.6 Å². The minimum absolute atomic E-state index is 0.0974. The van der Waals surface area contributed by atoms with Gasteiger partial charge in [0.15, 0.2) is 0 Å². The molecule has 0 aliphatic heterocycles. The van der Waals surface area contributed by atoms with Crippen molar-refractivity contribution in [3.8, 4) is 0 Å². The van der Waals surface area contributed by atoms with Crippen LogP contribution in [0.25, 0.3) is 0 Å². The molecule has 2 aromatic carbocycles. The maximum absolute atomic E-state index is 12.8. The minimum atomic E-state index is -4.53. The van der Waals surface area contributed by atoms with Gasteiger partial charge >= 0.3 is 6.18 Å². The van der Waals surface area contributed by atoms with Gasteiger partial charge in [-0.3, -0.25) is 4.79 Å². The number of aromatic nitrogens is 2. The van der Waals surface area contributed by atoms with Crippen molar-refractivity contribution in [3.05, 3.63) is 77.1 Å². The molecule has 5 N–H and O–H groups in total. The second-order valence-corrected chi connectivity index (χ2v) is 6.62. The molecule has 0 fully saturated rings.